The highest BCUT2D eigenvalue weighted by atomic mass is 17.3. The molecule has 1 aromatic carbocycles. The van der Waals surface area contributed by atoms with Gasteiger partial charge in [0.05, 0.1) is 12.2 Å². The zero-order valence-corrected chi connectivity index (χ0v) is 17.7. The second kappa shape index (κ2) is 7.28. The fourth-order valence-electron chi connectivity index (χ4n) is 5.98. The van der Waals surface area contributed by atoms with Crippen molar-refractivity contribution >= 4 is 5.97 Å². The first kappa shape index (κ1) is 20.4. The van der Waals surface area contributed by atoms with Crippen molar-refractivity contribution in [1.82, 2.24) is 0 Å². The van der Waals surface area contributed by atoms with Crippen LogP contribution in [0.2, 0.25) is 0 Å². The van der Waals surface area contributed by atoms with Crippen molar-refractivity contribution in [2.75, 3.05) is 0 Å². The SMILES string of the molecule is C[C@@H]1CC[C@@H]2[C@@H](C)C(OCc3ccc(C(=O)O)cc3)O[C@@H]3OC4(C)CCC1[C@]32OO4. The van der Waals surface area contributed by atoms with E-state index >= 15 is 0 Å². The topological polar surface area (TPSA) is 83.5 Å². The van der Waals surface area contributed by atoms with Gasteiger partial charge in [-0.1, -0.05) is 26.0 Å². The van der Waals surface area contributed by atoms with E-state index < -0.39 is 29.9 Å². The van der Waals surface area contributed by atoms with Crippen LogP contribution in [0.3, 0.4) is 0 Å². The molecule has 4 heterocycles. The zero-order valence-electron chi connectivity index (χ0n) is 17.7. The number of benzene rings is 1. The molecule has 2 bridgehead atoms. The summed E-state index contributed by atoms with van der Waals surface area (Å²) in [5.74, 6) is -0.539. The third kappa shape index (κ3) is 3.10. The van der Waals surface area contributed by atoms with Gasteiger partial charge >= 0.3 is 5.97 Å². The summed E-state index contributed by atoms with van der Waals surface area (Å²) in [7, 11) is 0. The first-order valence-corrected chi connectivity index (χ1v) is 11.0. The predicted octanol–water partition coefficient (Wildman–Crippen LogP) is 4.11. The number of carbonyl (C=O) groups is 1. The molecule has 7 heteroatoms. The van der Waals surface area contributed by atoms with Crippen molar-refractivity contribution in [1.29, 1.82) is 0 Å². The van der Waals surface area contributed by atoms with Gasteiger partial charge in [0.1, 0.15) is 0 Å². The van der Waals surface area contributed by atoms with Gasteiger partial charge in [0.2, 0.25) is 5.79 Å². The Kier molecular flexibility index (Phi) is 4.95. The fraction of sp³-hybridized carbons (Fsp3) is 0.696. The number of rotatable bonds is 4. The summed E-state index contributed by atoms with van der Waals surface area (Å²) < 4.78 is 18.9. The van der Waals surface area contributed by atoms with E-state index in [9.17, 15) is 4.79 Å². The van der Waals surface area contributed by atoms with Crippen molar-refractivity contribution in [3.8, 4) is 0 Å². The van der Waals surface area contributed by atoms with Crippen molar-refractivity contribution < 1.29 is 33.9 Å². The zero-order chi connectivity index (χ0) is 21.1. The minimum atomic E-state index is -0.936. The van der Waals surface area contributed by atoms with Gasteiger partial charge in [-0.05, 0) is 55.7 Å². The van der Waals surface area contributed by atoms with Crippen molar-refractivity contribution in [2.45, 2.75) is 77.0 Å². The molecule has 1 N–H and O–H groups in total. The van der Waals surface area contributed by atoms with Crippen LogP contribution in [0, 0.1) is 23.7 Å². The number of carboxylic acid groups (broad SMARTS) is 1. The Morgan fingerprint density at radius 1 is 1.13 bits per heavy atom. The van der Waals surface area contributed by atoms with Gasteiger partial charge in [0, 0.05) is 18.3 Å². The van der Waals surface area contributed by atoms with E-state index in [-0.39, 0.29) is 17.4 Å². The average molecular weight is 418 g/mol. The molecule has 8 atom stereocenters. The van der Waals surface area contributed by atoms with Crippen LogP contribution in [0.25, 0.3) is 0 Å². The van der Waals surface area contributed by atoms with Crippen LogP contribution in [0.5, 0.6) is 0 Å². The third-order valence-corrected chi connectivity index (χ3v) is 7.71. The maximum atomic E-state index is 11.0. The van der Waals surface area contributed by atoms with Gasteiger partial charge in [-0.25, -0.2) is 14.6 Å². The first-order valence-electron chi connectivity index (χ1n) is 11.0. The average Bonchev–Trinajstić information content (AvgIpc) is 2.96. The fourth-order valence-corrected chi connectivity index (χ4v) is 5.98. The summed E-state index contributed by atoms with van der Waals surface area (Å²) in [6.07, 6.45) is 3.01. The van der Waals surface area contributed by atoms with Gasteiger partial charge in [-0.2, -0.15) is 0 Å². The Balaban J connectivity index is 1.37. The van der Waals surface area contributed by atoms with Gasteiger partial charge in [-0.15, -0.1) is 0 Å². The summed E-state index contributed by atoms with van der Waals surface area (Å²) >= 11 is 0. The third-order valence-electron chi connectivity index (χ3n) is 7.71. The molecule has 5 aliphatic rings. The summed E-state index contributed by atoms with van der Waals surface area (Å²) in [5.41, 5.74) is 0.579. The molecule has 1 saturated carbocycles. The molecule has 7 nitrogen and oxygen atoms in total. The Labute approximate surface area is 176 Å². The molecule has 0 aromatic heterocycles. The summed E-state index contributed by atoms with van der Waals surface area (Å²) in [6.45, 7) is 6.71. The summed E-state index contributed by atoms with van der Waals surface area (Å²) in [5, 5.41) is 9.06. The van der Waals surface area contributed by atoms with Crippen molar-refractivity contribution in [3.05, 3.63) is 35.4 Å². The van der Waals surface area contributed by atoms with Crippen LogP contribution in [0.1, 0.15) is 62.4 Å². The first-order chi connectivity index (χ1) is 14.3. The number of carboxylic acids is 1. The van der Waals surface area contributed by atoms with Gasteiger partial charge in [0.25, 0.3) is 0 Å². The molecule has 30 heavy (non-hydrogen) atoms. The van der Waals surface area contributed by atoms with Crippen molar-refractivity contribution in [3.63, 3.8) is 0 Å². The number of ether oxygens (including phenoxy) is 3. The highest BCUT2D eigenvalue weighted by Gasteiger charge is 2.69. The van der Waals surface area contributed by atoms with E-state index in [1.165, 1.54) is 0 Å². The van der Waals surface area contributed by atoms with Gasteiger partial charge in [0.15, 0.2) is 18.2 Å². The largest absolute Gasteiger partial charge is 0.478 e. The quantitative estimate of drug-likeness (QED) is 0.737. The molecule has 1 aliphatic carbocycles. The van der Waals surface area contributed by atoms with Crippen LogP contribution >= 0.6 is 0 Å². The van der Waals surface area contributed by atoms with E-state index in [4.69, 9.17) is 29.1 Å². The highest BCUT2D eigenvalue weighted by Crippen LogP contribution is 2.60. The molecule has 0 amide bonds. The molecule has 0 radical (unpaired) electrons. The normalized spacial score (nSPS) is 44.9. The Hall–Kier alpha value is -1.51. The molecule has 1 aromatic rings. The molecular weight excluding hydrogens is 388 g/mol. The molecule has 3 unspecified atom stereocenters. The lowest BCUT2D eigenvalue weighted by Crippen LogP contribution is -2.70. The number of fused-ring (bicyclic) bond motifs is 2. The molecule has 4 saturated heterocycles. The van der Waals surface area contributed by atoms with E-state index in [1.807, 2.05) is 6.92 Å². The van der Waals surface area contributed by atoms with Gasteiger partial charge in [-0.3, -0.25) is 0 Å². The number of hydrogen-bond donors (Lipinski definition) is 1. The molecule has 5 fully saturated rings. The standard InChI is InChI=1S/C23H30O7/c1-13-4-9-18-14(2)20(26-12-15-5-7-16(8-6-15)19(24)25)27-21-23(18)17(13)10-11-22(3,28-21)29-30-23/h5-8,13-14,17-18,20-21H,4,9-12H2,1-3H3,(H,24,25)/t13-,14-,17?,18-,20?,21-,22?,23-/m1/s1. The van der Waals surface area contributed by atoms with E-state index in [0.717, 1.165) is 31.2 Å². The monoisotopic (exact) mass is 418 g/mol. The van der Waals surface area contributed by atoms with Crippen LogP contribution < -0.4 is 0 Å². The van der Waals surface area contributed by atoms with Crippen LogP contribution in [0.4, 0.5) is 0 Å². The molecule has 164 valence electrons. The lowest BCUT2D eigenvalue weighted by molar-refractivity contribution is -0.577. The molecule has 4 aliphatic heterocycles. The second-order valence-electron chi connectivity index (χ2n) is 9.59. The Morgan fingerprint density at radius 2 is 1.90 bits per heavy atom. The van der Waals surface area contributed by atoms with E-state index in [0.29, 0.717) is 18.4 Å². The maximum absolute atomic E-state index is 11.0. The lowest BCUT2D eigenvalue weighted by Gasteiger charge is -2.60. The highest BCUT2D eigenvalue weighted by molar-refractivity contribution is 5.87. The van der Waals surface area contributed by atoms with Crippen molar-refractivity contribution in [2.24, 2.45) is 23.7 Å². The Morgan fingerprint density at radius 3 is 2.63 bits per heavy atom. The summed E-state index contributed by atoms with van der Waals surface area (Å²) in [6, 6.07) is 6.74. The maximum Gasteiger partial charge on any atom is 0.335 e. The smallest absolute Gasteiger partial charge is 0.335 e. The van der Waals surface area contributed by atoms with Gasteiger partial charge < -0.3 is 19.3 Å². The minimum absolute atomic E-state index is 0.115. The van der Waals surface area contributed by atoms with E-state index in [1.54, 1.807) is 24.3 Å². The molecular formula is C23H30O7. The lowest BCUT2D eigenvalue weighted by atomic mass is 9.58. The Bertz CT molecular complexity index is 810. The van der Waals surface area contributed by atoms with Crippen LogP contribution in [0.15, 0.2) is 24.3 Å². The summed E-state index contributed by atoms with van der Waals surface area (Å²) in [4.78, 5) is 23.0. The number of aromatic carboxylic acids is 1. The minimum Gasteiger partial charge on any atom is -0.478 e. The van der Waals surface area contributed by atoms with Crippen LogP contribution in [-0.2, 0) is 30.6 Å². The van der Waals surface area contributed by atoms with Crippen LogP contribution in [-0.4, -0.2) is 35.0 Å². The molecule has 1 spiro atoms. The predicted molar refractivity (Wildman–Crippen MR) is 105 cm³/mol. The number of hydrogen-bond acceptors (Lipinski definition) is 6. The molecule has 6 rings (SSSR count). The van der Waals surface area contributed by atoms with E-state index in [2.05, 4.69) is 13.8 Å². The second-order valence-corrected chi connectivity index (χ2v) is 9.59.